The van der Waals surface area contributed by atoms with Gasteiger partial charge in [-0.15, -0.1) is 0 Å². The van der Waals surface area contributed by atoms with Crippen LogP contribution in [0.3, 0.4) is 0 Å². The van der Waals surface area contributed by atoms with Gasteiger partial charge in [-0.1, -0.05) is 15.9 Å². The van der Waals surface area contributed by atoms with E-state index in [4.69, 9.17) is 9.47 Å². The Labute approximate surface area is 125 Å². The molecule has 1 aliphatic rings. The highest BCUT2D eigenvalue weighted by atomic mass is 79.9. The summed E-state index contributed by atoms with van der Waals surface area (Å²) in [6.07, 6.45) is 2.42. The first-order valence-corrected chi connectivity index (χ1v) is 7.38. The number of carbonyl (C=O) groups excluding carboxylic acids is 1. The van der Waals surface area contributed by atoms with E-state index in [9.17, 15) is 9.18 Å². The molecule has 1 aromatic carbocycles. The molecule has 1 N–H and O–H groups in total. The van der Waals surface area contributed by atoms with Gasteiger partial charge in [-0.3, -0.25) is 4.79 Å². The largest absolute Gasteiger partial charge is 0.378 e. The van der Waals surface area contributed by atoms with Gasteiger partial charge in [-0.2, -0.15) is 0 Å². The van der Waals surface area contributed by atoms with E-state index in [0.29, 0.717) is 17.7 Å². The molecule has 0 aromatic heterocycles. The number of hydrogen-bond acceptors (Lipinski definition) is 3. The van der Waals surface area contributed by atoms with Crippen molar-refractivity contribution in [2.24, 2.45) is 0 Å². The average molecular weight is 346 g/mol. The van der Waals surface area contributed by atoms with Crippen molar-refractivity contribution in [2.75, 3.05) is 25.1 Å². The number of rotatable bonds is 6. The van der Waals surface area contributed by atoms with Gasteiger partial charge in [-0.05, 0) is 31.0 Å². The lowest BCUT2D eigenvalue weighted by Crippen LogP contribution is -2.18. The Balaban J connectivity index is 1.68. The summed E-state index contributed by atoms with van der Waals surface area (Å²) >= 11 is 3.23. The van der Waals surface area contributed by atoms with Crippen molar-refractivity contribution >= 4 is 27.5 Å². The molecule has 4 nitrogen and oxygen atoms in total. The summed E-state index contributed by atoms with van der Waals surface area (Å²) in [5.74, 6) is -0.726. The molecule has 1 saturated heterocycles. The molecule has 1 amide bonds. The molecule has 0 radical (unpaired) electrons. The minimum absolute atomic E-state index is 0.153. The molecule has 0 saturated carbocycles. The fourth-order valence-corrected chi connectivity index (χ4v) is 2.32. The molecule has 1 fully saturated rings. The van der Waals surface area contributed by atoms with Crippen LogP contribution < -0.4 is 5.32 Å². The molecule has 110 valence electrons. The molecule has 0 unspecified atom stereocenters. The van der Waals surface area contributed by atoms with Crippen LogP contribution in [0.5, 0.6) is 0 Å². The van der Waals surface area contributed by atoms with Gasteiger partial charge in [0.1, 0.15) is 5.82 Å². The Hall–Kier alpha value is -0.980. The first-order chi connectivity index (χ1) is 9.65. The highest BCUT2D eigenvalue weighted by Gasteiger charge is 2.15. The predicted molar refractivity (Wildman–Crippen MR) is 77.1 cm³/mol. The summed E-state index contributed by atoms with van der Waals surface area (Å²) in [5, 5.41) is 2.52. The van der Waals surface area contributed by atoms with Crippen molar-refractivity contribution in [1.29, 1.82) is 0 Å². The zero-order chi connectivity index (χ0) is 14.4. The number of carbonyl (C=O) groups is 1. The third-order valence-electron chi connectivity index (χ3n) is 3.00. The molecular weight excluding hydrogens is 329 g/mol. The SMILES string of the molecule is O=C(CCOC[C@H]1CCCO1)Nc1cc(Br)ccc1F. The smallest absolute Gasteiger partial charge is 0.226 e. The first kappa shape index (κ1) is 15.4. The lowest BCUT2D eigenvalue weighted by molar-refractivity contribution is -0.117. The van der Waals surface area contributed by atoms with Gasteiger partial charge in [0.05, 0.1) is 31.4 Å². The lowest BCUT2D eigenvalue weighted by atomic mass is 10.2. The summed E-state index contributed by atoms with van der Waals surface area (Å²) in [6.45, 7) is 1.61. The number of halogens is 2. The van der Waals surface area contributed by atoms with Crippen molar-refractivity contribution in [3.05, 3.63) is 28.5 Å². The predicted octanol–water partition coefficient (Wildman–Crippen LogP) is 3.11. The third kappa shape index (κ3) is 4.85. The fraction of sp³-hybridized carbons (Fsp3) is 0.500. The average Bonchev–Trinajstić information content (AvgIpc) is 2.92. The molecular formula is C14H17BrFNO3. The monoisotopic (exact) mass is 345 g/mol. The first-order valence-electron chi connectivity index (χ1n) is 6.59. The van der Waals surface area contributed by atoms with E-state index in [1.54, 1.807) is 6.07 Å². The molecule has 0 bridgehead atoms. The fourth-order valence-electron chi connectivity index (χ4n) is 1.96. The topological polar surface area (TPSA) is 47.6 Å². The van der Waals surface area contributed by atoms with Gasteiger partial charge >= 0.3 is 0 Å². The Morgan fingerprint density at radius 1 is 1.55 bits per heavy atom. The van der Waals surface area contributed by atoms with Crippen LogP contribution in [0.25, 0.3) is 0 Å². The number of ether oxygens (including phenoxy) is 2. The summed E-state index contributed by atoms with van der Waals surface area (Å²) in [7, 11) is 0. The molecule has 0 spiro atoms. The minimum atomic E-state index is -0.457. The van der Waals surface area contributed by atoms with E-state index in [1.807, 2.05) is 0 Å². The van der Waals surface area contributed by atoms with E-state index in [-0.39, 0.29) is 24.1 Å². The van der Waals surface area contributed by atoms with Crippen molar-refractivity contribution in [1.82, 2.24) is 0 Å². The van der Waals surface area contributed by atoms with Crippen LogP contribution in [0.1, 0.15) is 19.3 Å². The quantitative estimate of drug-likeness (QED) is 0.806. The molecule has 1 aliphatic heterocycles. The van der Waals surface area contributed by atoms with Gasteiger partial charge in [0.2, 0.25) is 5.91 Å². The van der Waals surface area contributed by atoms with E-state index >= 15 is 0 Å². The summed E-state index contributed by atoms with van der Waals surface area (Å²) in [4.78, 5) is 11.7. The standard InChI is InChI=1S/C14H17BrFNO3/c15-10-3-4-12(16)13(8-10)17-14(18)5-7-19-9-11-2-1-6-20-11/h3-4,8,11H,1-2,5-7,9H2,(H,17,18)/t11-/m1/s1. The van der Waals surface area contributed by atoms with Gasteiger partial charge < -0.3 is 14.8 Å². The van der Waals surface area contributed by atoms with Crippen LogP contribution >= 0.6 is 15.9 Å². The molecule has 1 aromatic rings. The van der Waals surface area contributed by atoms with Crippen LogP contribution in [0, 0.1) is 5.82 Å². The maximum absolute atomic E-state index is 13.4. The Bertz CT molecular complexity index is 464. The van der Waals surface area contributed by atoms with Crippen LogP contribution in [0.15, 0.2) is 22.7 Å². The number of hydrogen-bond donors (Lipinski definition) is 1. The maximum Gasteiger partial charge on any atom is 0.226 e. The Morgan fingerprint density at radius 3 is 3.15 bits per heavy atom. The number of benzene rings is 1. The number of nitrogens with one attached hydrogen (secondary N) is 1. The van der Waals surface area contributed by atoms with Crippen molar-refractivity contribution in [2.45, 2.75) is 25.4 Å². The van der Waals surface area contributed by atoms with Crippen molar-refractivity contribution in [3.8, 4) is 0 Å². The van der Waals surface area contributed by atoms with E-state index in [0.717, 1.165) is 19.4 Å². The maximum atomic E-state index is 13.4. The van der Waals surface area contributed by atoms with Crippen LogP contribution in [0.2, 0.25) is 0 Å². The summed E-state index contributed by atoms with van der Waals surface area (Å²) < 4.78 is 24.9. The number of anilines is 1. The van der Waals surface area contributed by atoms with E-state index in [1.165, 1.54) is 12.1 Å². The Morgan fingerprint density at radius 2 is 2.40 bits per heavy atom. The highest BCUT2D eigenvalue weighted by Crippen LogP contribution is 2.20. The molecule has 1 heterocycles. The van der Waals surface area contributed by atoms with Gasteiger partial charge in [0, 0.05) is 11.1 Å². The molecule has 0 aliphatic carbocycles. The van der Waals surface area contributed by atoms with Crippen LogP contribution in [-0.4, -0.2) is 31.8 Å². The highest BCUT2D eigenvalue weighted by molar-refractivity contribution is 9.10. The normalized spacial score (nSPS) is 18.2. The molecule has 20 heavy (non-hydrogen) atoms. The lowest BCUT2D eigenvalue weighted by Gasteiger charge is -2.10. The minimum Gasteiger partial charge on any atom is -0.378 e. The molecule has 1 atom stereocenters. The summed E-state index contributed by atoms with van der Waals surface area (Å²) in [6, 6.07) is 4.41. The van der Waals surface area contributed by atoms with Crippen LogP contribution in [0.4, 0.5) is 10.1 Å². The second-order valence-corrected chi connectivity index (χ2v) is 5.55. The number of amides is 1. The van der Waals surface area contributed by atoms with Crippen molar-refractivity contribution < 1.29 is 18.7 Å². The second kappa shape index (κ2) is 7.71. The zero-order valence-electron chi connectivity index (χ0n) is 11.0. The van der Waals surface area contributed by atoms with E-state index in [2.05, 4.69) is 21.2 Å². The third-order valence-corrected chi connectivity index (χ3v) is 3.50. The second-order valence-electron chi connectivity index (χ2n) is 4.63. The van der Waals surface area contributed by atoms with Gasteiger partial charge in [0.25, 0.3) is 0 Å². The van der Waals surface area contributed by atoms with Crippen LogP contribution in [-0.2, 0) is 14.3 Å². The van der Waals surface area contributed by atoms with Gasteiger partial charge in [0.15, 0.2) is 0 Å². The van der Waals surface area contributed by atoms with E-state index < -0.39 is 5.82 Å². The molecule has 2 rings (SSSR count). The molecule has 6 heteroatoms. The zero-order valence-corrected chi connectivity index (χ0v) is 12.6. The van der Waals surface area contributed by atoms with Crippen molar-refractivity contribution in [3.63, 3.8) is 0 Å². The van der Waals surface area contributed by atoms with Gasteiger partial charge in [-0.25, -0.2) is 4.39 Å². The summed E-state index contributed by atoms with van der Waals surface area (Å²) in [5.41, 5.74) is 0.170. The Kier molecular flexibility index (Phi) is 5.94.